The van der Waals surface area contributed by atoms with Gasteiger partial charge in [0.2, 0.25) is 0 Å². The quantitative estimate of drug-likeness (QED) is 0.841. The Hall–Kier alpha value is -2.33. The number of ketones is 1. The lowest BCUT2D eigenvalue weighted by Crippen LogP contribution is -2.22. The Kier molecular flexibility index (Phi) is 5.44. The van der Waals surface area contributed by atoms with E-state index < -0.39 is 0 Å². The number of nitrogens with one attached hydrogen (secondary N) is 2. The van der Waals surface area contributed by atoms with Gasteiger partial charge < -0.3 is 15.4 Å². The minimum atomic E-state index is 0.281. The van der Waals surface area contributed by atoms with Crippen LogP contribution in [0.25, 0.3) is 0 Å². The van der Waals surface area contributed by atoms with Gasteiger partial charge >= 0.3 is 0 Å². The molecule has 0 spiro atoms. The minimum Gasteiger partial charge on any atom is -0.497 e. The SMILES string of the molecule is COc1ccc([C@H]2CCNCC[C@@H]2CNc2ccc3c(c2)C(=O)CC3)cc1. The highest BCUT2D eigenvalue weighted by molar-refractivity contribution is 6.01. The lowest BCUT2D eigenvalue weighted by molar-refractivity contribution is 0.0994. The van der Waals surface area contributed by atoms with Crippen molar-refractivity contribution in [2.45, 2.75) is 31.6 Å². The van der Waals surface area contributed by atoms with E-state index in [4.69, 9.17) is 4.74 Å². The standard InChI is InChI=1S/C23H28N2O2/c1-27-20-7-3-16(4-8-20)21-11-13-24-12-10-18(21)15-25-19-6-2-17-5-9-23(26)22(17)14-19/h2-4,6-8,14,18,21,24-25H,5,9-13,15H2,1H3/t18-,21-/m1/s1. The van der Waals surface area contributed by atoms with Crippen LogP contribution in [0.1, 0.15) is 46.7 Å². The summed E-state index contributed by atoms with van der Waals surface area (Å²) in [5, 5.41) is 7.15. The van der Waals surface area contributed by atoms with E-state index in [0.717, 1.165) is 55.9 Å². The van der Waals surface area contributed by atoms with E-state index in [2.05, 4.69) is 47.0 Å². The zero-order valence-corrected chi connectivity index (χ0v) is 16.0. The zero-order valence-electron chi connectivity index (χ0n) is 16.0. The van der Waals surface area contributed by atoms with Crippen LogP contribution in [0.15, 0.2) is 42.5 Å². The maximum absolute atomic E-state index is 12.0. The van der Waals surface area contributed by atoms with Gasteiger partial charge in [0.05, 0.1) is 7.11 Å². The third-order valence-electron chi connectivity index (χ3n) is 6.04. The number of ether oxygens (including phenoxy) is 1. The predicted molar refractivity (Wildman–Crippen MR) is 109 cm³/mol. The molecule has 142 valence electrons. The summed E-state index contributed by atoms with van der Waals surface area (Å²) >= 11 is 0. The molecule has 0 bridgehead atoms. The molecule has 27 heavy (non-hydrogen) atoms. The predicted octanol–water partition coefficient (Wildman–Crippen LogP) is 4.02. The first-order valence-electron chi connectivity index (χ1n) is 9.99. The van der Waals surface area contributed by atoms with Gasteiger partial charge in [0.1, 0.15) is 5.75 Å². The summed E-state index contributed by atoms with van der Waals surface area (Å²) in [5.74, 6) is 2.26. The van der Waals surface area contributed by atoms with Crippen molar-refractivity contribution in [1.82, 2.24) is 5.32 Å². The molecule has 2 atom stereocenters. The summed E-state index contributed by atoms with van der Waals surface area (Å²) in [6, 6.07) is 14.8. The van der Waals surface area contributed by atoms with E-state index >= 15 is 0 Å². The van der Waals surface area contributed by atoms with Crippen molar-refractivity contribution >= 4 is 11.5 Å². The third-order valence-corrected chi connectivity index (χ3v) is 6.04. The zero-order chi connectivity index (χ0) is 18.6. The Labute approximate surface area is 161 Å². The lowest BCUT2D eigenvalue weighted by atomic mass is 9.82. The van der Waals surface area contributed by atoms with E-state index in [1.165, 1.54) is 11.1 Å². The molecule has 0 radical (unpaired) electrons. The Morgan fingerprint density at radius 1 is 1.07 bits per heavy atom. The molecule has 0 unspecified atom stereocenters. The van der Waals surface area contributed by atoms with Gasteiger partial charge in [-0.1, -0.05) is 18.2 Å². The fourth-order valence-electron chi connectivity index (χ4n) is 4.44. The summed E-state index contributed by atoms with van der Waals surface area (Å²) in [6.07, 6.45) is 3.84. The molecule has 1 aliphatic heterocycles. The largest absolute Gasteiger partial charge is 0.497 e. The molecule has 1 saturated heterocycles. The number of carbonyl (C=O) groups excluding carboxylic acids is 1. The Morgan fingerprint density at radius 3 is 2.70 bits per heavy atom. The number of Topliss-reactive ketones (excluding diaryl/α,β-unsaturated/α-hetero) is 1. The summed E-state index contributed by atoms with van der Waals surface area (Å²) in [5.41, 5.74) is 4.56. The summed E-state index contributed by atoms with van der Waals surface area (Å²) in [6.45, 7) is 3.04. The first kappa shape index (κ1) is 18.1. The molecule has 1 heterocycles. The molecule has 4 heteroatoms. The van der Waals surface area contributed by atoms with Crippen LogP contribution in [0, 0.1) is 5.92 Å². The van der Waals surface area contributed by atoms with Crippen molar-refractivity contribution in [2.24, 2.45) is 5.92 Å². The maximum Gasteiger partial charge on any atom is 0.163 e. The topological polar surface area (TPSA) is 50.4 Å². The number of benzene rings is 2. The highest BCUT2D eigenvalue weighted by atomic mass is 16.5. The van der Waals surface area contributed by atoms with Crippen LogP contribution >= 0.6 is 0 Å². The van der Waals surface area contributed by atoms with Crippen LogP contribution in [0.3, 0.4) is 0 Å². The number of fused-ring (bicyclic) bond motifs is 1. The molecule has 1 fully saturated rings. The molecule has 0 saturated carbocycles. The van der Waals surface area contributed by atoms with E-state index in [1.807, 2.05) is 6.07 Å². The van der Waals surface area contributed by atoms with E-state index in [1.54, 1.807) is 7.11 Å². The van der Waals surface area contributed by atoms with Gasteiger partial charge in [-0.25, -0.2) is 0 Å². The molecule has 0 amide bonds. The molecule has 2 aromatic carbocycles. The second kappa shape index (κ2) is 8.13. The van der Waals surface area contributed by atoms with Crippen molar-refractivity contribution in [3.63, 3.8) is 0 Å². The number of aryl methyl sites for hydroxylation is 1. The number of hydrogen-bond donors (Lipinski definition) is 2. The van der Waals surface area contributed by atoms with Crippen molar-refractivity contribution in [3.8, 4) is 5.75 Å². The van der Waals surface area contributed by atoms with Gasteiger partial charge in [-0.3, -0.25) is 4.79 Å². The van der Waals surface area contributed by atoms with E-state index in [0.29, 0.717) is 18.3 Å². The van der Waals surface area contributed by atoms with E-state index in [9.17, 15) is 4.79 Å². The van der Waals surface area contributed by atoms with E-state index in [-0.39, 0.29) is 5.78 Å². The molecule has 0 aromatic heterocycles. The van der Waals surface area contributed by atoms with Gasteiger partial charge in [-0.15, -0.1) is 0 Å². The van der Waals surface area contributed by atoms with Crippen molar-refractivity contribution in [3.05, 3.63) is 59.2 Å². The van der Waals surface area contributed by atoms with Crippen molar-refractivity contribution in [2.75, 3.05) is 32.1 Å². The Morgan fingerprint density at radius 2 is 1.89 bits per heavy atom. The number of methoxy groups -OCH3 is 1. The summed E-state index contributed by atoms with van der Waals surface area (Å²) in [7, 11) is 1.71. The number of rotatable bonds is 5. The smallest absolute Gasteiger partial charge is 0.163 e. The number of carbonyl (C=O) groups is 1. The third kappa shape index (κ3) is 4.01. The second-order valence-electron chi connectivity index (χ2n) is 7.64. The van der Waals surface area contributed by atoms with Crippen molar-refractivity contribution < 1.29 is 9.53 Å². The number of anilines is 1. The highest BCUT2D eigenvalue weighted by Gasteiger charge is 2.25. The molecular formula is C23H28N2O2. The Bertz CT molecular complexity index is 801. The number of hydrogen-bond acceptors (Lipinski definition) is 4. The molecule has 2 N–H and O–H groups in total. The van der Waals surface area contributed by atoms with Crippen LogP contribution in [0.4, 0.5) is 5.69 Å². The average Bonchev–Trinajstić information content (AvgIpc) is 2.92. The monoisotopic (exact) mass is 364 g/mol. The molecule has 2 aliphatic rings. The molecular weight excluding hydrogens is 336 g/mol. The molecule has 2 aromatic rings. The summed E-state index contributed by atoms with van der Waals surface area (Å²) in [4.78, 5) is 12.0. The fourth-order valence-corrected chi connectivity index (χ4v) is 4.44. The normalized spacial score (nSPS) is 22.2. The molecule has 1 aliphatic carbocycles. The minimum absolute atomic E-state index is 0.281. The van der Waals surface area contributed by atoms with Gasteiger partial charge in [-0.05, 0) is 79.6 Å². The molecule has 4 nitrogen and oxygen atoms in total. The van der Waals surface area contributed by atoms with Gasteiger partial charge in [0.15, 0.2) is 5.78 Å². The molecule has 4 rings (SSSR count). The fraction of sp³-hybridized carbons (Fsp3) is 0.435. The van der Waals surface area contributed by atoms with Gasteiger partial charge in [0, 0.05) is 24.2 Å². The van der Waals surface area contributed by atoms with Crippen LogP contribution in [0.2, 0.25) is 0 Å². The summed E-state index contributed by atoms with van der Waals surface area (Å²) < 4.78 is 5.31. The van der Waals surface area contributed by atoms with Crippen LogP contribution in [0.5, 0.6) is 5.75 Å². The lowest BCUT2D eigenvalue weighted by Gasteiger charge is -2.26. The second-order valence-corrected chi connectivity index (χ2v) is 7.64. The Balaban J connectivity index is 1.48. The van der Waals surface area contributed by atoms with Gasteiger partial charge in [-0.2, -0.15) is 0 Å². The van der Waals surface area contributed by atoms with Gasteiger partial charge in [0.25, 0.3) is 0 Å². The first-order chi connectivity index (χ1) is 13.2. The highest BCUT2D eigenvalue weighted by Crippen LogP contribution is 2.33. The van der Waals surface area contributed by atoms with Crippen LogP contribution in [-0.2, 0) is 6.42 Å². The van der Waals surface area contributed by atoms with Crippen LogP contribution in [-0.4, -0.2) is 32.5 Å². The average molecular weight is 364 g/mol. The first-order valence-corrected chi connectivity index (χ1v) is 9.99. The van der Waals surface area contributed by atoms with Crippen LogP contribution < -0.4 is 15.4 Å². The van der Waals surface area contributed by atoms with Crippen molar-refractivity contribution in [1.29, 1.82) is 0 Å². The maximum atomic E-state index is 12.0.